The fourth-order valence-corrected chi connectivity index (χ4v) is 2.45. The average molecular weight is 320 g/mol. The Labute approximate surface area is 138 Å². The molecule has 5 heteroatoms. The minimum atomic E-state index is -1.29. The summed E-state index contributed by atoms with van der Waals surface area (Å²) in [5.74, 6) is -1.15. The molecule has 0 aliphatic carbocycles. The fraction of sp³-hybridized carbons (Fsp3) is 0.556. The van der Waals surface area contributed by atoms with Gasteiger partial charge in [-0.15, -0.1) is 0 Å². The Bertz CT molecular complexity index is 476. The van der Waals surface area contributed by atoms with Crippen molar-refractivity contribution in [3.8, 4) is 0 Å². The molecule has 0 bridgehead atoms. The average Bonchev–Trinajstić information content (AvgIpc) is 2.56. The van der Waals surface area contributed by atoms with Gasteiger partial charge in [-0.25, -0.2) is 0 Å². The zero-order chi connectivity index (χ0) is 17.1. The van der Waals surface area contributed by atoms with Crippen LogP contribution in [0, 0.1) is 0 Å². The normalized spacial score (nSPS) is 13.3. The predicted octanol–water partition coefficient (Wildman–Crippen LogP) is 2.44. The third-order valence-electron chi connectivity index (χ3n) is 3.87. The number of nitrogens with two attached hydrogens (primary N) is 1. The summed E-state index contributed by atoms with van der Waals surface area (Å²) in [6.07, 6.45) is 5.80. The lowest BCUT2D eigenvalue weighted by molar-refractivity contribution is -0.133. The monoisotopic (exact) mass is 320 g/mol. The lowest BCUT2D eigenvalue weighted by Crippen LogP contribution is -2.46. The molecule has 128 valence electrons. The predicted molar refractivity (Wildman–Crippen MR) is 90.5 cm³/mol. The van der Waals surface area contributed by atoms with Crippen molar-refractivity contribution < 1.29 is 14.7 Å². The van der Waals surface area contributed by atoms with Gasteiger partial charge in [-0.2, -0.15) is 0 Å². The van der Waals surface area contributed by atoms with Gasteiger partial charge in [0.25, 0.3) is 5.91 Å². The number of benzene rings is 1. The molecule has 0 saturated carbocycles. The minimum absolute atomic E-state index is 0.493. The van der Waals surface area contributed by atoms with Crippen molar-refractivity contribution in [3.63, 3.8) is 0 Å². The molecular formula is C18H28N2O3. The maximum Gasteiger partial charge on any atom is 0.254 e. The van der Waals surface area contributed by atoms with Crippen LogP contribution in [0.3, 0.4) is 0 Å². The molecule has 1 aromatic carbocycles. The topological polar surface area (TPSA) is 92.4 Å². The van der Waals surface area contributed by atoms with Crippen molar-refractivity contribution >= 4 is 11.8 Å². The molecule has 0 heterocycles. The van der Waals surface area contributed by atoms with Crippen molar-refractivity contribution in [2.45, 2.75) is 64.0 Å². The molecule has 0 aromatic heterocycles. The quantitative estimate of drug-likeness (QED) is 0.547. The first kappa shape index (κ1) is 19.2. The van der Waals surface area contributed by atoms with Crippen LogP contribution in [0.15, 0.2) is 30.3 Å². The second-order valence-electron chi connectivity index (χ2n) is 5.83. The maximum atomic E-state index is 12.1. The molecule has 5 nitrogen and oxygen atoms in total. The van der Waals surface area contributed by atoms with E-state index in [1.807, 2.05) is 0 Å². The Hall–Kier alpha value is -1.88. The van der Waals surface area contributed by atoms with Crippen molar-refractivity contribution in [2.75, 3.05) is 0 Å². The van der Waals surface area contributed by atoms with Gasteiger partial charge in [-0.1, -0.05) is 75.8 Å². The Morgan fingerprint density at radius 1 is 1.09 bits per heavy atom. The first-order chi connectivity index (χ1) is 11.1. The van der Waals surface area contributed by atoms with Crippen LogP contribution in [0.5, 0.6) is 0 Å². The second-order valence-corrected chi connectivity index (χ2v) is 5.83. The number of rotatable bonds is 11. The zero-order valence-electron chi connectivity index (χ0n) is 13.8. The van der Waals surface area contributed by atoms with Crippen molar-refractivity contribution in [2.24, 2.45) is 5.73 Å². The van der Waals surface area contributed by atoms with E-state index in [0.29, 0.717) is 12.0 Å². The molecule has 4 N–H and O–H groups in total. The molecular weight excluding hydrogens is 292 g/mol. The molecule has 2 amide bonds. The Morgan fingerprint density at radius 3 is 2.30 bits per heavy atom. The smallest absolute Gasteiger partial charge is 0.254 e. The Morgan fingerprint density at radius 2 is 1.70 bits per heavy atom. The van der Waals surface area contributed by atoms with Crippen molar-refractivity contribution in [3.05, 3.63) is 35.9 Å². The SMILES string of the molecule is CCCCCCCC[C@H](NC(=O)[C@@H](O)c1ccccc1)C(N)=O. The number of hydrogen-bond acceptors (Lipinski definition) is 3. The molecule has 23 heavy (non-hydrogen) atoms. The van der Waals surface area contributed by atoms with Crippen LogP contribution in [-0.2, 0) is 9.59 Å². The van der Waals surface area contributed by atoms with E-state index in [0.717, 1.165) is 19.3 Å². The fourth-order valence-electron chi connectivity index (χ4n) is 2.45. The van der Waals surface area contributed by atoms with Crippen LogP contribution in [0.1, 0.15) is 63.5 Å². The summed E-state index contributed by atoms with van der Waals surface area (Å²) in [6, 6.07) is 7.89. The summed E-state index contributed by atoms with van der Waals surface area (Å²) in [4.78, 5) is 23.5. The van der Waals surface area contributed by atoms with E-state index in [4.69, 9.17) is 5.73 Å². The summed E-state index contributed by atoms with van der Waals surface area (Å²) in [5, 5.41) is 12.6. The molecule has 0 aliphatic heterocycles. The molecule has 0 saturated heterocycles. The van der Waals surface area contributed by atoms with Gasteiger partial charge in [0.2, 0.25) is 5.91 Å². The lowest BCUT2D eigenvalue weighted by Gasteiger charge is -2.18. The van der Waals surface area contributed by atoms with Gasteiger partial charge in [-0.3, -0.25) is 9.59 Å². The lowest BCUT2D eigenvalue weighted by atomic mass is 10.0. The summed E-state index contributed by atoms with van der Waals surface area (Å²) < 4.78 is 0. The molecule has 0 spiro atoms. The minimum Gasteiger partial charge on any atom is -0.378 e. The summed E-state index contributed by atoms with van der Waals surface area (Å²) in [7, 11) is 0. The van der Waals surface area contributed by atoms with Gasteiger partial charge in [0.15, 0.2) is 6.10 Å². The van der Waals surface area contributed by atoms with E-state index in [2.05, 4.69) is 12.2 Å². The number of unbranched alkanes of at least 4 members (excludes halogenated alkanes) is 5. The summed E-state index contributed by atoms with van der Waals surface area (Å²) in [5.41, 5.74) is 5.84. The zero-order valence-corrected chi connectivity index (χ0v) is 13.8. The number of aliphatic hydroxyl groups is 1. The van der Waals surface area contributed by atoms with Gasteiger partial charge < -0.3 is 16.2 Å². The van der Waals surface area contributed by atoms with E-state index in [-0.39, 0.29) is 0 Å². The molecule has 0 unspecified atom stereocenters. The van der Waals surface area contributed by atoms with Crippen LogP contribution in [0.25, 0.3) is 0 Å². The first-order valence-corrected chi connectivity index (χ1v) is 8.39. The van der Waals surface area contributed by atoms with E-state index in [9.17, 15) is 14.7 Å². The number of carbonyl (C=O) groups excluding carboxylic acids is 2. The number of carbonyl (C=O) groups is 2. The highest BCUT2D eigenvalue weighted by Crippen LogP contribution is 2.13. The maximum absolute atomic E-state index is 12.1. The standard InChI is InChI=1S/C18H28N2O3/c1-2-3-4-5-6-10-13-15(17(19)22)20-18(23)16(21)14-11-8-7-9-12-14/h7-9,11-12,15-16,21H,2-6,10,13H2,1H3,(H2,19,22)(H,20,23)/t15-,16-/m0/s1. The third kappa shape index (κ3) is 7.28. The molecule has 0 radical (unpaired) electrons. The van der Waals surface area contributed by atoms with Gasteiger partial charge in [-0.05, 0) is 12.0 Å². The van der Waals surface area contributed by atoms with Crippen LogP contribution in [-0.4, -0.2) is 23.0 Å². The number of primary amides is 1. The van der Waals surface area contributed by atoms with Crippen LogP contribution in [0.2, 0.25) is 0 Å². The number of nitrogens with one attached hydrogen (secondary N) is 1. The summed E-state index contributed by atoms with van der Waals surface area (Å²) in [6.45, 7) is 2.16. The van der Waals surface area contributed by atoms with Gasteiger partial charge >= 0.3 is 0 Å². The molecule has 0 aliphatic rings. The van der Waals surface area contributed by atoms with Crippen LogP contribution >= 0.6 is 0 Å². The van der Waals surface area contributed by atoms with E-state index in [1.54, 1.807) is 30.3 Å². The van der Waals surface area contributed by atoms with Crippen molar-refractivity contribution in [1.82, 2.24) is 5.32 Å². The summed E-state index contributed by atoms with van der Waals surface area (Å²) >= 11 is 0. The van der Waals surface area contributed by atoms with E-state index >= 15 is 0 Å². The first-order valence-electron chi connectivity index (χ1n) is 8.39. The van der Waals surface area contributed by atoms with Crippen LogP contribution in [0.4, 0.5) is 0 Å². The third-order valence-corrected chi connectivity index (χ3v) is 3.87. The van der Waals surface area contributed by atoms with Gasteiger partial charge in [0, 0.05) is 0 Å². The van der Waals surface area contributed by atoms with Crippen LogP contribution < -0.4 is 11.1 Å². The number of aliphatic hydroxyl groups excluding tert-OH is 1. The molecule has 0 fully saturated rings. The molecule has 2 atom stereocenters. The largest absolute Gasteiger partial charge is 0.378 e. The highest BCUT2D eigenvalue weighted by atomic mass is 16.3. The van der Waals surface area contributed by atoms with Gasteiger partial charge in [0.05, 0.1) is 0 Å². The van der Waals surface area contributed by atoms with Crippen molar-refractivity contribution in [1.29, 1.82) is 0 Å². The van der Waals surface area contributed by atoms with Gasteiger partial charge in [0.1, 0.15) is 6.04 Å². The second kappa shape index (κ2) is 10.8. The Balaban J connectivity index is 2.42. The molecule has 1 rings (SSSR count). The number of amides is 2. The highest BCUT2D eigenvalue weighted by molar-refractivity contribution is 5.88. The molecule has 1 aromatic rings. The highest BCUT2D eigenvalue weighted by Gasteiger charge is 2.23. The Kier molecular flexibility index (Phi) is 8.98. The number of hydrogen-bond donors (Lipinski definition) is 3. The van der Waals surface area contributed by atoms with E-state index in [1.165, 1.54) is 19.3 Å². The van der Waals surface area contributed by atoms with E-state index < -0.39 is 24.0 Å².